The van der Waals surface area contributed by atoms with Gasteiger partial charge in [0.05, 0.1) is 5.56 Å². The summed E-state index contributed by atoms with van der Waals surface area (Å²) < 4.78 is 5.17. The van der Waals surface area contributed by atoms with Crippen LogP contribution in [0.1, 0.15) is 12.7 Å². The van der Waals surface area contributed by atoms with Crippen molar-refractivity contribution in [1.82, 2.24) is 15.5 Å². The number of hydrogen-bond donors (Lipinski definition) is 1. The minimum Gasteiger partial charge on any atom is -0.334 e. The van der Waals surface area contributed by atoms with Crippen molar-refractivity contribution in [2.45, 2.75) is 19.4 Å². The predicted octanol–water partition coefficient (Wildman–Crippen LogP) is 1.95. The van der Waals surface area contributed by atoms with Gasteiger partial charge >= 0.3 is 0 Å². The minimum atomic E-state index is 0.359. The number of aromatic nitrogens is 2. The molecule has 15 heavy (non-hydrogen) atoms. The van der Waals surface area contributed by atoms with Gasteiger partial charge in [-0.25, -0.2) is 0 Å². The fourth-order valence-corrected chi connectivity index (χ4v) is 1.85. The van der Waals surface area contributed by atoms with Crippen molar-refractivity contribution in [3.8, 4) is 11.5 Å². The Balaban J connectivity index is 2.11. The molecular formula is C10H13N3OS. The molecule has 0 saturated carbocycles. The molecule has 2 aromatic rings. The largest absolute Gasteiger partial charge is 0.334 e. The smallest absolute Gasteiger partial charge is 0.258 e. The Morgan fingerprint density at radius 3 is 3.13 bits per heavy atom. The summed E-state index contributed by atoms with van der Waals surface area (Å²) in [5.74, 6) is 1.35. The summed E-state index contributed by atoms with van der Waals surface area (Å²) in [6.07, 6.45) is 0.782. The summed E-state index contributed by atoms with van der Waals surface area (Å²) in [4.78, 5) is 4.33. The zero-order valence-corrected chi connectivity index (χ0v) is 9.54. The second-order valence-corrected chi connectivity index (χ2v) is 4.20. The van der Waals surface area contributed by atoms with Gasteiger partial charge in [0.2, 0.25) is 0 Å². The van der Waals surface area contributed by atoms with Crippen LogP contribution in [0, 0.1) is 0 Å². The Kier molecular flexibility index (Phi) is 3.13. The van der Waals surface area contributed by atoms with Crippen molar-refractivity contribution in [2.24, 2.45) is 0 Å². The Morgan fingerprint density at radius 2 is 2.47 bits per heavy atom. The van der Waals surface area contributed by atoms with Crippen molar-refractivity contribution in [3.05, 3.63) is 22.7 Å². The first-order valence-electron chi connectivity index (χ1n) is 4.82. The highest BCUT2D eigenvalue weighted by atomic mass is 32.1. The monoisotopic (exact) mass is 223 g/mol. The van der Waals surface area contributed by atoms with E-state index in [1.165, 1.54) is 0 Å². The van der Waals surface area contributed by atoms with Crippen LogP contribution in [0.2, 0.25) is 0 Å². The lowest BCUT2D eigenvalue weighted by molar-refractivity contribution is 0.418. The summed E-state index contributed by atoms with van der Waals surface area (Å²) in [6.45, 7) is 2.08. The maximum atomic E-state index is 5.17. The molecule has 0 aliphatic rings. The number of thiophene rings is 1. The quantitative estimate of drug-likeness (QED) is 0.860. The summed E-state index contributed by atoms with van der Waals surface area (Å²) in [5, 5.41) is 11.1. The maximum absolute atomic E-state index is 5.17. The lowest BCUT2D eigenvalue weighted by Gasteiger charge is -2.04. The number of nitrogens with zero attached hydrogens (tertiary/aromatic N) is 2. The van der Waals surface area contributed by atoms with E-state index < -0.39 is 0 Å². The van der Waals surface area contributed by atoms with Crippen LogP contribution in [0.3, 0.4) is 0 Å². The molecule has 0 aliphatic carbocycles. The standard InChI is InChI=1S/C10H13N3OS/c1-7(11-2)5-9-12-10(14-13-9)8-3-4-15-6-8/h3-4,6-7,11H,5H2,1-2H3. The van der Waals surface area contributed by atoms with Gasteiger partial charge in [-0.1, -0.05) is 5.16 Å². The van der Waals surface area contributed by atoms with Gasteiger partial charge in [-0.3, -0.25) is 0 Å². The topological polar surface area (TPSA) is 51.0 Å². The van der Waals surface area contributed by atoms with Crippen LogP contribution in [0.15, 0.2) is 21.3 Å². The van der Waals surface area contributed by atoms with Gasteiger partial charge in [0.25, 0.3) is 5.89 Å². The van der Waals surface area contributed by atoms with Crippen LogP contribution in [-0.2, 0) is 6.42 Å². The number of rotatable bonds is 4. The van der Waals surface area contributed by atoms with Gasteiger partial charge in [0, 0.05) is 17.8 Å². The van der Waals surface area contributed by atoms with E-state index in [1.54, 1.807) is 11.3 Å². The highest BCUT2D eigenvalue weighted by molar-refractivity contribution is 7.08. The fraction of sp³-hybridized carbons (Fsp3) is 0.400. The molecule has 1 unspecified atom stereocenters. The number of nitrogens with one attached hydrogen (secondary N) is 1. The maximum Gasteiger partial charge on any atom is 0.258 e. The first kappa shape index (κ1) is 10.3. The molecule has 0 fully saturated rings. The van der Waals surface area contributed by atoms with E-state index >= 15 is 0 Å². The molecule has 0 aromatic carbocycles. The van der Waals surface area contributed by atoms with E-state index in [9.17, 15) is 0 Å². The molecule has 2 heterocycles. The normalized spacial score (nSPS) is 12.9. The summed E-state index contributed by atoms with van der Waals surface area (Å²) >= 11 is 1.62. The first-order chi connectivity index (χ1) is 7.29. The summed E-state index contributed by atoms with van der Waals surface area (Å²) in [7, 11) is 1.92. The molecule has 0 saturated heterocycles. The van der Waals surface area contributed by atoms with Gasteiger partial charge in [-0.2, -0.15) is 16.3 Å². The molecular weight excluding hydrogens is 210 g/mol. The number of likely N-dealkylation sites (N-methyl/N-ethyl adjacent to an activating group) is 1. The summed E-state index contributed by atoms with van der Waals surface area (Å²) in [6, 6.07) is 2.33. The van der Waals surface area contributed by atoms with E-state index in [1.807, 2.05) is 23.9 Å². The van der Waals surface area contributed by atoms with E-state index in [2.05, 4.69) is 22.4 Å². The van der Waals surface area contributed by atoms with Crippen LogP contribution < -0.4 is 5.32 Å². The molecule has 4 nitrogen and oxygen atoms in total. The molecule has 80 valence electrons. The Labute approximate surface area is 92.3 Å². The van der Waals surface area contributed by atoms with Crippen molar-refractivity contribution in [2.75, 3.05) is 7.05 Å². The molecule has 2 aromatic heterocycles. The molecule has 0 amide bonds. The number of hydrogen-bond acceptors (Lipinski definition) is 5. The van der Waals surface area contributed by atoms with Crippen LogP contribution >= 0.6 is 11.3 Å². The Hall–Kier alpha value is -1.20. The van der Waals surface area contributed by atoms with Gasteiger partial charge < -0.3 is 9.84 Å². The highest BCUT2D eigenvalue weighted by Gasteiger charge is 2.10. The van der Waals surface area contributed by atoms with Crippen LogP contribution in [0.25, 0.3) is 11.5 Å². The highest BCUT2D eigenvalue weighted by Crippen LogP contribution is 2.19. The first-order valence-corrected chi connectivity index (χ1v) is 5.76. The van der Waals surface area contributed by atoms with E-state index in [4.69, 9.17) is 4.52 Å². The van der Waals surface area contributed by atoms with E-state index in [0.29, 0.717) is 11.9 Å². The Morgan fingerprint density at radius 1 is 1.60 bits per heavy atom. The van der Waals surface area contributed by atoms with Crippen LogP contribution in [0.5, 0.6) is 0 Å². The van der Waals surface area contributed by atoms with Crippen molar-refractivity contribution < 1.29 is 4.52 Å². The average Bonchev–Trinajstić information content (AvgIpc) is 2.85. The predicted molar refractivity (Wildman–Crippen MR) is 59.8 cm³/mol. The van der Waals surface area contributed by atoms with Crippen LogP contribution in [-0.4, -0.2) is 23.2 Å². The zero-order chi connectivity index (χ0) is 10.7. The fourth-order valence-electron chi connectivity index (χ4n) is 1.22. The van der Waals surface area contributed by atoms with E-state index in [-0.39, 0.29) is 0 Å². The molecule has 0 aliphatic heterocycles. The lowest BCUT2D eigenvalue weighted by atomic mass is 10.2. The van der Waals surface area contributed by atoms with Crippen molar-refractivity contribution >= 4 is 11.3 Å². The zero-order valence-electron chi connectivity index (χ0n) is 8.73. The average molecular weight is 223 g/mol. The van der Waals surface area contributed by atoms with Gasteiger partial charge in [-0.15, -0.1) is 0 Å². The molecule has 1 atom stereocenters. The molecule has 0 spiro atoms. The Bertz CT molecular complexity index is 410. The third-order valence-electron chi connectivity index (χ3n) is 2.22. The molecule has 1 N–H and O–H groups in total. The lowest BCUT2D eigenvalue weighted by Crippen LogP contribution is -2.24. The van der Waals surface area contributed by atoms with Gasteiger partial charge in [-0.05, 0) is 25.4 Å². The third-order valence-corrected chi connectivity index (χ3v) is 2.90. The second kappa shape index (κ2) is 4.55. The molecule has 0 bridgehead atoms. The third kappa shape index (κ3) is 2.43. The van der Waals surface area contributed by atoms with E-state index in [0.717, 1.165) is 17.8 Å². The molecule has 2 rings (SSSR count). The summed E-state index contributed by atoms with van der Waals surface area (Å²) in [5.41, 5.74) is 0.996. The molecule has 0 radical (unpaired) electrons. The SMILES string of the molecule is CNC(C)Cc1noc(-c2ccsc2)n1. The van der Waals surface area contributed by atoms with Gasteiger partial charge in [0.15, 0.2) is 5.82 Å². The van der Waals surface area contributed by atoms with Crippen LogP contribution in [0.4, 0.5) is 0 Å². The van der Waals surface area contributed by atoms with Gasteiger partial charge in [0.1, 0.15) is 0 Å². The second-order valence-electron chi connectivity index (χ2n) is 3.42. The molecule has 5 heteroatoms. The minimum absolute atomic E-state index is 0.359. The van der Waals surface area contributed by atoms with Crippen molar-refractivity contribution in [1.29, 1.82) is 0 Å². The van der Waals surface area contributed by atoms with Crippen molar-refractivity contribution in [3.63, 3.8) is 0 Å².